The van der Waals surface area contributed by atoms with Crippen LogP contribution in [0.2, 0.25) is 0 Å². The maximum Gasteiger partial charge on any atom is 0.325 e. The first-order valence-corrected chi connectivity index (χ1v) is 6.46. The Morgan fingerprint density at radius 1 is 1.32 bits per heavy atom. The van der Waals surface area contributed by atoms with Crippen molar-refractivity contribution in [2.45, 2.75) is 37.8 Å². The Morgan fingerprint density at radius 3 is 2.74 bits per heavy atom. The molecule has 6 heteroatoms. The first-order valence-electron chi connectivity index (χ1n) is 6.46. The van der Waals surface area contributed by atoms with E-state index >= 15 is 0 Å². The van der Waals surface area contributed by atoms with Crippen LogP contribution in [0.4, 0.5) is 10.6 Å². The summed E-state index contributed by atoms with van der Waals surface area (Å²) in [5, 5.41) is 2.84. The topological polar surface area (TPSA) is 88.3 Å². The number of urea groups is 1. The van der Waals surface area contributed by atoms with Gasteiger partial charge in [-0.25, -0.2) is 9.78 Å². The Labute approximate surface area is 111 Å². The fourth-order valence-corrected chi connectivity index (χ4v) is 2.89. The molecular weight excluding hydrogens is 244 g/mol. The number of rotatable bonds is 2. The predicted octanol–water partition coefficient (Wildman–Crippen LogP) is 1.03. The second kappa shape index (κ2) is 4.22. The van der Waals surface area contributed by atoms with E-state index in [1.807, 2.05) is 0 Å². The lowest BCUT2D eigenvalue weighted by atomic mass is 9.98. The normalized spacial score (nSPS) is 21.2. The van der Waals surface area contributed by atoms with E-state index in [1.54, 1.807) is 18.2 Å². The molecule has 0 bridgehead atoms. The van der Waals surface area contributed by atoms with Gasteiger partial charge in [0.25, 0.3) is 5.91 Å². The van der Waals surface area contributed by atoms with Gasteiger partial charge in [-0.3, -0.25) is 9.69 Å². The average Bonchev–Trinajstić information content (AvgIpc) is 2.92. The molecule has 100 valence electrons. The summed E-state index contributed by atoms with van der Waals surface area (Å²) in [6, 6.07) is 4.88. The molecule has 0 unspecified atom stereocenters. The van der Waals surface area contributed by atoms with Gasteiger partial charge in [0.1, 0.15) is 11.4 Å². The van der Waals surface area contributed by atoms with Gasteiger partial charge in [0.15, 0.2) is 0 Å². The summed E-state index contributed by atoms with van der Waals surface area (Å²) in [5.74, 6) is 0.263. The zero-order valence-corrected chi connectivity index (χ0v) is 10.6. The van der Waals surface area contributed by atoms with E-state index in [-0.39, 0.29) is 18.5 Å². The lowest BCUT2D eigenvalue weighted by Gasteiger charge is -2.19. The molecule has 0 radical (unpaired) electrons. The van der Waals surface area contributed by atoms with Gasteiger partial charge in [0, 0.05) is 0 Å². The summed E-state index contributed by atoms with van der Waals surface area (Å²) in [6.45, 7) is 0.178. The van der Waals surface area contributed by atoms with Crippen molar-refractivity contribution < 1.29 is 9.59 Å². The molecule has 1 aliphatic carbocycles. The molecule has 3 amide bonds. The van der Waals surface area contributed by atoms with Crippen LogP contribution in [-0.2, 0) is 11.3 Å². The van der Waals surface area contributed by atoms with Gasteiger partial charge in [-0.15, -0.1) is 0 Å². The molecule has 1 saturated heterocycles. The van der Waals surface area contributed by atoms with Crippen LogP contribution in [0.25, 0.3) is 0 Å². The van der Waals surface area contributed by atoms with Crippen LogP contribution in [0.15, 0.2) is 18.2 Å². The SMILES string of the molecule is Nc1cccc(CN2C(=O)NC3(CCCC3)C2=O)n1. The Balaban J connectivity index is 1.82. The quantitative estimate of drug-likeness (QED) is 0.777. The largest absolute Gasteiger partial charge is 0.384 e. The first kappa shape index (κ1) is 12.0. The van der Waals surface area contributed by atoms with Crippen molar-refractivity contribution in [3.63, 3.8) is 0 Å². The van der Waals surface area contributed by atoms with E-state index in [9.17, 15) is 9.59 Å². The number of carbonyl (C=O) groups excluding carboxylic acids is 2. The van der Waals surface area contributed by atoms with E-state index in [0.29, 0.717) is 11.5 Å². The highest BCUT2D eigenvalue weighted by molar-refractivity contribution is 6.07. The number of aromatic nitrogens is 1. The number of amides is 3. The number of nitrogen functional groups attached to an aromatic ring is 1. The number of imide groups is 1. The van der Waals surface area contributed by atoms with Crippen molar-refractivity contribution in [3.8, 4) is 0 Å². The smallest absolute Gasteiger partial charge is 0.325 e. The van der Waals surface area contributed by atoms with Crippen molar-refractivity contribution >= 4 is 17.8 Å². The molecule has 6 nitrogen and oxygen atoms in total. The van der Waals surface area contributed by atoms with E-state index in [2.05, 4.69) is 10.3 Å². The maximum atomic E-state index is 12.4. The minimum atomic E-state index is -0.655. The molecule has 1 aliphatic heterocycles. The van der Waals surface area contributed by atoms with E-state index in [4.69, 9.17) is 5.73 Å². The average molecular weight is 260 g/mol. The number of carbonyl (C=O) groups is 2. The van der Waals surface area contributed by atoms with Crippen molar-refractivity contribution in [3.05, 3.63) is 23.9 Å². The minimum Gasteiger partial charge on any atom is -0.384 e. The van der Waals surface area contributed by atoms with Crippen molar-refractivity contribution in [2.75, 3.05) is 5.73 Å². The van der Waals surface area contributed by atoms with Crippen molar-refractivity contribution in [1.29, 1.82) is 0 Å². The van der Waals surface area contributed by atoms with Crippen LogP contribution in [0.3, 0.4) is 0 Å². The minimum absolute atomic E-state index is 0.126. The van der Waals surface area contributed by atoms with Crippen LogP contribution in [0.1, 0.15) is 31.4 Å². The van der Waals surface area contributed by atoms with E-state index < -0.39 is 5.54 Å². The number of hydrogen-bond acceptors (Lipinski definition) is 4. The summed E-state index contributed by atoms with van der Waals surface area (Å²) in [7, 11) is 0. The molecule has 0 atom stereocenters. The number of pyridine rings is 1. The highest BCUT2D eigenvalue weighted by Crippen LogP contribution is 2.35. The molecule has 3 N–H and O–H groups in total. The highest BCUT2D eigenvalue weighted by atomic mass is 16.2. The van der Waals surface area contributed by atoms with Crippen LogP contribution in [0, 0.1) is 0 Å². The van der Waals surface area contributed by atoms with Gasteiger partial charge in [-0.05, 0) is 25.0 Å². The molecule has 2 heterocycles. The fraction of sp³-hybridized carbons (Fsp3) is 0.462. The van der Waals surface area contributed by atoms with Gasteiger partial charge in [0.05, 0.1) is 12.2 Å². The Hall–Kier alpha value is -2.11. The maximum absolute atomic E-state index is 12.4. The summed E-state index contributed by atoms with van der Waals surface area (Å²) in [6.07, 6.45) is 3.43. The fourth-order valence-electron chi connectivity index (χ4n) is 2.89. The van der Waals surface area contributed by atoms with Crippen LogP contribution in [-0.4, -0.2) is 27.4 Å². The van der Waals surface area contributed by atoms with Crippen molar-refractivity contribution in [2.24, 2.45) is 0 Å². The Bertz CT molecular complexity index is 537. The van der Waals surface area contributed by atoms with Gasteiger partial charge in [0.2, 0.25) is 0 Å². The number of anilines is 1. The molecule has 1 saturated carbocycles. The molecule has 1 aromatic heterocycles. The number of nitrogens with one attached hydrogen (secondary N) is 1. The lowest BCUT2D eigenvalue weighted by Crippen LogP contribution is -2.44. The van der Waals surface area contributed by atoms with Crippen molar-refractivity contribution in [1.82, 2.24) is 15.2 Å². The summed E-state index contributed by atoms with van der Waals surface area (Å²) in [4.78, 5) is 29.8. The molecule has 1 aromatic rings. The second-order valence-electron chi connectivity index (χ2n) is 5.16. The third kappa shape index (κ3) is 1.93. The Kier molecular flexibility index (Phi) is 2.66. The standard InChI is InChI=1S/C13H16N4O2/c14-10-5-3-4-9(15-10)8-17-11(18)13(16-12(17)19)6-1-2-7-13/h3-5H,1-2,6-8H2,(H2,14,15)(H,16,19). The predicted molar refractivity (Wildman–Crippen MR) is 68.9 cm³/mol. The second-order valence-corrected chi connectivity index (χ2v) is 5.16. The molecule has 2 fully saturated rings. The van der Waals surface area contributed by atoms with Gasteiger partial charge in [-0.1, -0.05) is 18.9 Å². The van der Waals surface area contributed by atoms with Crippen LogP contribution < -0.4 is 11.1 Å². The number of nitrogens with two attached hydrogens (primary N) is 1. The highest BCUT2D eigenvalue weighted by Gasteiger charge is 2.52. The zero-order valence-electron chi connectivity index (χ0n) is 10.6. The molecule has 0 aromatic carbocycles. The monoisotopic (exact) mass is 260 g/mol. The Morgan fingerprint density at radius 2 is 2.05 bits per heavy atom. The first-order chi connectivity index (χ1) is 9.11. The molecule has 19 heavy (non-hydrogen) atoms. The molecule has 1 spiro atoms. The third-order valence-electron chi connectivity index (χ3n) is 3.85. The van der Waals surface area contributed by atoms with E-state index in [0.717, 1.165) is 25.7 Å². The molecule has 2 aliphatic rings. The zero-order chi connectivity index (χ0) is 13.5. The number of hydrogen-bond donors (Lipinski definition) is 2. The van der Waals surface area contributed by atoms with Crippen LogP contribution >= 0.6 is 0 Å². The molecule has 3 rings (SSSR count). The van der Waals surface area contributed by atoms with Gasteiger partial charge < -0.3 is 11.1 Å². The summed E-state index contributed by atoms with van der Waals surface area (Å²) in [5.41, 5.74) is 5.57. The van der Waals surface area contributed by atoms with Gasteiger partial charge >= 0.3 is 6.03 Å². The van der Waals surface area contributed by atoms with E-state index in [1.165, 1.54) is 4.90 Å². The summed E-state index contributed by atoms with van der Waals surface area (Å²) < 4.78 is 0. The van der Waals surface area contributed by atoms with Gasteiger partial charge in [-0.2, -0.15) is 0 Å². The van der Waals surface area contributed by atoms with Crippen LogP contribution in [0.5, 0.6) is 0 Å². The summed E-state index contributed by atoms with van der Waals surface area (Å²) >= 11 is 0. The molecular formula is C13H16N4O2. The lowest BCUT2D eigenvalue weighted by molar-refractivity contribution is -0.131. The number of nitrogens with zero attached hydrogens (tertiary/aromatic N) is 2. The third-order valence-corrected chi connectivity index (χ3v) is 3.85.